The Kier molecular flexibility index (Phi) is 5.20. The molecule has 0 aliphatic carbocycles. The fourth-order valence-corrected chi connectivity index (χ4v) is 1.10. The lowest BCUT2D eigenvalue weighted by molar-refractivity contribution is -0.138. The first-order valence-electron chi connectivity index (χ1n) is 4.22. The Morgan fingerprint density at radius 1 is 1.43 bits per heavy atom. The van der Waals surface area contributed by atoms with E-state index in [0.717, 1.165) is 6.42 Å². The summed E-state index contributed by atoms with van der Waals surface area (Å²) in [4.78, 5) is 10.5. The van der Waals surface area contributed by atoms with Crippen LogP contribution in [0.2, 0.25) is 0 Å². The number of rotatable bonds is 3. The van der Waals surface area contributed by atoms with Crippen molar-refractivity contribution >= 4 is 18.4 Å². The van der Waals surface area contributed by atoms with Crippen molar-refractivity contribution < 1.29 is 9.90 Å². The number of hydrogen-bond donors (Lipinski definition) is 2. The topological polar surface area (TPSA) is 63.3 Å². The normalized spacial score (nSPS) is 11.6. The van der Waals surface area contributed by atoms with Crippen molar-refractivity contribution in [3.05, 3.63) is 35.4 Å². The minimum absolute atomic E-state index is 0. The standard InChI is InChI=1S/C10H13NO2.ClH/c1-2-7-3-5-8(6-4-7)9(11)10(12)13;/h3-6,9H,2,11H2,1H3,(H,12,13);1H/t9-;/m0./s1. The Bertz CT molecular complexity index is 297. The number of aryl methyl sites for hydroxylation is 1. The minimum Gasteiger partial charge on any atom is -0.480 e. The van der Waals surface area contributed by atoms with E-state index in [-0.39, 0.29) is 12.4 Å². The highest BCUT2D eigenvalue weighted by Crippen LogP contribution is 2.11. The quantitative estimate of drug-likeness (QED) is 0.808. The van der Waals surface area contributed by atoms with Gasteiger partial charge in [-0.1, -0.05) is 31.2 Å². The molecular formula is C10H14ClNO2. The minimum atomic E-state index is -0.996. The summed E-state index contributed by atoms with van der Waals surface area (Å²) in [6.45, 7) is 2.05. The van der Waals surface area contributed by atoms with E-state index in [1.165, 1.54) is 5.56 Å². The Balaban J connectivity index is 0.00000169. The van der Waals surface area contributed by atoms with Gasteiger partial charge in [-0.15, -0.1) is 12.4 Å². The highest BCUT2D eigenvalue weighted by atomic mass is 35.5. The van der Waals surface area contributed by atoms with Crippen molar-refractivity contribution in [2.24, 2.45) is 5.73 Å². The summed E-state index contributed by atoms with van der Waals surface area (Å²) in [7, 11) is 0. The number of halogens is 1. The molecule has 1 aromatic rings. The van der Waals surface area contributed by atoms with Gasteiger partial charge >= 0.3 is 5.97 Å². The van der Waals surface area contributed by atoms with E-state index in [9.17, 15) is 4.79 Å². The lowest BCUT2D eigenvalue weighted by Gasteiger charge is -2.06. The second kappa shape index (κ2) is 5.62. The monoisotopic (exact) mass is 215 g/mol. The predicted octanol–water partition coefficient (Wildman–Crippen LogP) is 1.76. The van der Waals surface area contributed by atoms with E-state index in [1.54, 1.807) is 12.1 Å². The van der Waals surface area contributed by atoms with Crippen LogP contribution in [-0.4, -0.2) is 11.1 Å². The number of aliphatic carboxylic acids is 1. The van der Waals surface area contributed by atoms with Crippen LogP contribution in [0.4, 0.5) is 0 Å². The molecule has 0 fully saturated rings. The zero-order chi connectivity index (χ0) is 9.84. The van der Waals surface area contributed by atoms with Crippen molar-refractivity contribution in [1.29, 1.82) is 0 Å². The smallest absolute Gasteiger partial charge is 0.325 e. The maximum Gasteiger partial charge on any atom is 0.325 e. The van der Waals surface area contributed by atoms with Gasteiger partial charge in [0.2, 0.25) is 0 Å². The van der Waals surface area contributed by atoms with Crippen LogP contribution in [-0.2, 0) is 11.2 Å². The van der Waals surface area contributed by atoms with Gasteiger partial charge in [0, 0.05) is 0 Å². The SMILES string of the molecule is CCc1ccc([C@H](N)C(=O)O)cc1.Cl. The molecule has 0 bridgehead atoms. The first kappa shape index (κ1) is 12.9. The van der Waals surface area contributed by atoms with Gasteiger partial charge in [0.1, 0.15) is 6.04 Å². The zero-order valence-electron chi connectivity index (χ0n) is 7.93. The van der Waals surface area contributed by atoms with Crippen LogP contribution in [0.25, 0.3) is 0 Å². The number of benzene rings is 1. The Morgan fingerprint density at radius 2 is 1.93 bits per heavy atom. The molecule has 78 valence electrons. The van der Waals surface area contributed by atoms with E-state index in [4.69, 9.17) is 10.8 Å². The van der Waals surface area contributed by atoms with Crippen LogP contribution in [0.5, 0.6) is 0 Å². The van der Waals surface area contributed by atoms with Crippen LogP contribution in [0.1, 0.15) is 24.1 Å². The Morgan fingerprint density at radius 3 is 2.29 bits per heavy atom. The molecule has 14 heavy (non-hydrogen) atoms. The summed E-state index contributed by atoms with van der Waals surface area (Å²) in [5.41, 5.74) is 7.25. The lowest BCUT2D eigenvalue weighted by Crippen LogP contribution is -2.20. The summed E-state index contributed by atoms with van der Waals surface area (Å²) < 4.78 is 0. The number of hydrogen-bond acceptors (Lipinski definition) is 2. The largest absolute Gasteiger partial charge is 0.480 e. The van der Waals surface area contributed by atoms with Gasteiger partial charge < -0.3 is 10.8 Å². The first-order valence-corrected chi connectivity index (χ1v) is 4.22. The van der Waals surface area contributed by atoms with E-state index >= 15 is 0 Å². The van der Waals surface area contributed by atoms with Gasteiger partial charge in [0.25, 0.3) is 0 Å². The Hall–Kier alpha value is -1.06. The molecule has 0 aliphatic rings. The van der Waals surface area contributed by atoms with Crippen LogP contribution in [0.3, 0.4) is 0 Å². The highest BCUT2D eigenvalue weighted by Gasteiger charge is 2.12. The van der Waals surface area contributed by atoms with E-state index in [1.807, 2.05) is 19.1 Å². The van der Waals surface area contributed by atoms with Crippen molar-refractivity contribution in [2.45, 2.75) is 19.4 Å². The third-order valence-corrected chi connectivity index (χ3v) is 2.01. The summed E-state index contributed by atoms with van der Waals surface area (Å²) in [6, 6.07) is 6.41. The molecule has 0 unspecified atom stereocenters. The fraction of sp³-hybridized carbons (Fsp3) is 0.300. The third kappa shape index (κ3) is 3.01. The maximum atomic E-state index is 10.5. The predicted molar refractivity (Wildman–Crippen MR) is 57.6 cm³/mol. The molecule has 0 saturated carbocycles. The third-order valence-electron chi connectivity index (χ3n) is 2.01. The zero-order valence-corrected chi connectivity index (χ0v) is 8.75. The summed E-state index contributed by atoms with van der Waals surface area (Å²) >= 11 is 0. The molecular weight excluding hydrogens is 202 g/mol. The van der Waals surface area contributed by atoms with Gasteiger partial charge in [-0.05, 0) is 17.5 Å². The molecule has 0 aliphatic heterocycles. The Labute approximate surface area is 89.3 Å². The average Bonchev–Trinajstić information content (AvgIpc) is 2.17. The van der Waals surface area contributed by atoms with Gasteiger partial charge in [-0.25, -0.2) is 0 Å². The van der Waals surface area contributed by atoms with Crippen LogP contribution in [0, 0.1) is 0 Å². The number of carboxylic acid groups (broad SMARTS) is 1. The molecule has 0 amide bonds. The first-order chi connectivity index (χ1) is 6.15. The van der Waals surface area contributed by atoms with Crippen LogP contribution in [0.15, 0.2) is 24.3 Å². The number of carbonyl (C=O) groups is 1. The fourth-order valence-electron chi connectivity index (χ4n) is 1.10. The van der Waals surface area contributed by atoms with E-state index < -0.39 is 12.0 Å². The molecule has 3 N–H and O–H groups in total. The number of carboxylic acids is 1. The molecule has 3 nitrogen and oxygen atoms in total. The van der Waals surface area contributed by atoms with Crippen molar-refractivity contribution in [3.63, 3.8) is 0 Å². The van der Waals surface area contributed by atoms with Crippen molar-refractivity contribution in [1.82, 2.24) is 0 Å². The summed E-state index contributed by atoms with van der Waals surface area (Å²) in [5.74, 6) is -0.996. The molecule has 4 heteroatoms. The molecule has 1 aromatic carbocycles. The molecule has 0 saturated heterocycles. The van der Waals surface area contributed by atoms with Crippen molar-refractivity contribution in [2.75, 3.05) is 0 Å². The highest BCUT2D eigenvalue weighted by molar-refractivity contribution is 5.85. The van der Waals surface area contributed by atoms with Gasteiger partial charge in [-0.2, -0.15) is 0 Å². The lowest BCUT2D eigenvalue weighted by atomic mass is 10.0. The average molecular weight is 216 g/mol. The molecule has 0 spiro atoms. The molecule has 1 atom stereocenters. The van der Waals surface area contributed by atoms with Gasteiger partial charge in [0.15, 0.2) is 0 Å². The van der Waals surface area contributed by atoms with Gasteiger partial charge in [-0.3, -0.25) is 4.79 Å². The second-order valence-electron chi connectivity index (χ2n) is 2.91. The van der Waals surface area contributed by atoms with E-state index in [2.05, 4.69) is 0 Å². The van der Waals surface area contributed by atoms with Crippen LogP contribution >= 0.6 is 12.4 Å². The second-order valence-corrected chi connectivity index (χ2v) is 2.91. The molecule has 1 rings (SSSR count). The molecule has 0 heterocycles. The summed E-state index contributed by atoms with van der Waals surface area (Å²) in [5, 5.41) is 8.64. The summed E-state index contributed by atoms with van der Waals surface area (Å²) in [6.07, 6.45) is 0.947. The molecule has 0 aromatic heterocycles. The van der Waals surface area contributed by atoms with Crippen molar-refractivity contribution in [3.8, 4) is 0 Å². The van der Waals surface area contributed by atoms with Gasteiger partial charge in [0.05, 0.1) is 0 Å². The van der Waals surface area contributed by atoms with E-state index in [0.29, 0.717) is 5.56 Å². The maximum absolute atomic E-state index is 10.5. The van der Waals surface area contributed by atoms with Crippen LogP contribution < -0.4 is 5.73 Å². The number of nitrogens with two attached hydrogens (primary N) is 1. The molecule has 0 radical (unpaired) electrons.